The quantitative estimate of drug-likeness (QED) is 0.744. The maximum Gasteiger partial charge on any atom is 0.0279 e. The second kappa shape index (κ2) is 4.25. The summed E-state index contributed by atoms with van der Waals surface area (Å²) in [4.78, 5) is 2.44. The molecule has 0 bridgehead atoms. The molecule has 1 aromatic heterocycles. The highest BCUT2D eigenvalue weighted by atomic mass is 15.1. The summed E-state index contributed by atoms with van der Waals surface area (Å²) in [5, 5.41) is 0. The summed E-state index contributed by atoms with van der Waals surface area (Å²) >= 11 is 0. The van der Waals surface area contributed by atoms with E-state index in [1.165, 1.54) is 43.9 Å². The van der Waals surface area contributed by atoms with Crippen LogP contribution in [0.5, 0.6) is 0 Å². The molecule has 90 valence electrons. The minimum absolute atomic E-state index is 0.487. The fourth-order valence-electron chi connectivity index (χ4n) is 2.65. The Balaban J connectivity index is 2.09. The van der Waals surface area contributed by atoms with Crippen LogP contribution < -0.4 is 0 Å². The van der Waals surface area contributed by atoms with E-state index < -0.39 is 0 Å². The molecule has 1 aliphatic heterocycles. The van der Waals surface area contributed by atoms with Gasteiger partial charge in [-0.2, -0.15) is 0 Å². The van der Waals surface area contributed by atoms with E-state index in [1.54, 1.807) is 0 Å². The Morgan fingerprint density at radius 1 is 1.12 bits per heavy atom. The summed E-state index contributed by atoms with van der Waals surface area (Å²) in [6.07, 6.45) is 2.64. The smallest absolute Gasteiger partial charge is 0.0279 e. The number of nitrogens with zero attached hydrogens (tertiary/aromatic N) is 2. The van der Waals surface area contributed by atoms with Crippen molar-refractivity contribution in [3.63, 3.8) is 0 Å². The van der Waals surface area contributed by atoms with Crippen LogP contribution in [0.4, 0.5) is 0 Å². The van der Waals surface area contributed by atoms with Gasteiger partial charge in [0.15, 0.2) is 0 Å². The van der Waals surface area contributed by atoms with E-state index >= 15 is 0 Å². The van der Waals surface area contributed by atoms with E-state index in [0.29, 0.717) is 5.41 Å². The summed E-state index contributed by atoms with van der Waals surface area (Å²) in [5.74, 6) is 0. The zero-order valence-corrected chi connectivity index (χ0v) is 11.1. The monoisotopic (exact) mass is 220 g/mol. The van der Waals surface area contributed by atoms with Gasteiger partial charge < -0.3 is 9.47 Å². The van der Waals surface area contributed by atoms with Gasteiger partial charge in [0.05, 0.1) is 0 Å². The van der Waals surface area contributed by atoms with E-state index in [1.807, 2.05) is 0 Å². The van der Waals surface area contributed by atoms with E-state index in [2.05, 4.69) is 49.4 Å². The molecule has 1 aromatic rings. The van der Waals surface area contributed by atoms with Gasteiger partial charge in [0.25, 0.3) is 0 Å². The predicted octanol–water partition coefficient (Wildman–Crippen LogP) is 2.84. The van der Waals surface area contributed by atoms with E-state index in [0.717, 1.165) is 0 Å². The van der Waals surface area contributed by atoms with Gasteiger partial charge in [0.2, 0.25) is 0 Å². The number of hydrogen-bond acceptors (Lipinski definition) is 1. The number of piperidine rings is 1. The minimum atomic E-state index is 0.487. The van der Waals surface area contributed by atoms with Crippen LogP contribution in [-0.2, 0) is 6.54 Å². The molecule has 2 nitrogen and oxygen atoms in total. The average molecular weight is 220 g/mol. The van der Waals surface area contributed by atoms with Crippen molar-refractivity contribution in [3.05, 3.63) is 23.5 Å². The number of aryl methyl sites for hydroxylation is 2. The Bertz CT molecular complexity index is 337. The second-order valence-corrected chi connectivity index (χ2v) is 5.82. The van der Waals surface area contributed by atoms with Crippen LogP contribution in [-0.4, -0.2) is 29.6 Å². The van der Waals surface area contributed by atoms with Gasteiger partial charge in [-0.15, -0.1) is 0 Å². The molecule has 0 N–H and O–H groups in total. The van der Waals surface area contributed by atoms with Crippen molar-refractivity contribution in [2.75, 3.05) is 20.1 Å². The Labute approximate surface area is 99.3 Å². The molecule has 1 saturated heterocycles. The lowest BCUT2D eigenvalue weighted by molar-refractivity contribution is 0.119. The van der Waals surface area contributed by atoms with E-state index in [-0.39, 0.29) is 0 Å². The number of rotatable bonds is 2. The highest BCUT2D eigenvalue weighted by molar-refractivity contribution is 5.14. The molecule has 0 spiro atoms. The SMILES string of the molecule is Cc1ccc(C)n1CC1(C)CCN(C)CC1. The summed E-state index contributed by atoms with van der Waals surface area (Å²) in [6.45, 7) is 10.5. The highest BCUT2D eigenvalue weighted by Gasteiger charge is 2.29. The summed E-state index contributed by atoms with van der Waals surface area (Å²) in [5.41, 5.74) is 3.29. The molecule has 0 amide bonds. The fourth-order valence-corrected chi connectivity index (χ4v) is 2.65. The van der Waals surface area contributed by atoms with Crippen molar-refractivity contribution in [3.8, 4) is 0 Å². The van der Waals surface area contributed by atoms with Crippen LogP contribution in [0.25, 0.3) is 0 Å². The molecule has 0 radical (unpaired) electrons. The van der Waals surface area contributed by atoms with Crippen LogP contribution in [0.2, 0.25) is 0 Å². The molecule has 2 heteroatoms. The molecule has 1 aliphatic rings. The first-order chi connectivity index (χ1) is 7.50. The Morgan fingerprint density at radius 3 is 2.12 bits per heavy atom. The lowest BCUT2D eigenvalue weighted by Gasteiger charge is -2.38. The molecule has 0 unspecified atom stereocenters. The number of likely N-dealkylation sites (tertiary alicyclic amines) is 1. The van der Waals surface area contributed by atoms with Gasteiger partial charge in [-0.3, -0.25) is 0 Å². The lowest BCUT2D eigenvalue weighted by Crippen LogP contribution is -2.38. The van der Waals surface area contributed by atoms with Crippen LogP contribution in [0.15, 0.2) is 12.1 Å². The predicted molar refractivity (Wildman–Crippen MR) is 68.7 cm³/mol. The minimum Gasteiger partial charge on any atom is -0.349 e. The largest absolute Gasteiger partial charge is 0.349 e. The second-order valence-electron chi connectivity index (χ2n) is 5.82. The van der Waals surface area contributed by atoms with Crippen molar-refractivity contribution in [1.29, 1.82) is 0 Å². The Kier molecular flexibility index (Phi) is 3.11. The highest BCUT2D eigenvalue weighted by Crippen LogP contribution is 2.33. The van der Waals surface area contributed by atoms with Crippen molar-refractivity contribution >= 4 is 0 Å². The fraction of sp³-hybridized carbons (Fsp3) is 0.714. The molecule has 0 saturated carbocycles. The first-order valence-corrected chi connectivity index (χ1v) is 6.31. The van der Waals surface area contributed by atoms with Crippen LogP contribution in [0, 0.1) is 19.3 Å². The van der Waals surface area contributed by atoms with E-state index in [9.17, 15) is 0 Å². The topological polar surface area (TPSA) is 8.17 Å². The molecule has 16 heavy (non-hydrogen) atoms. The zero-order chi connectivity index (χ0) is 11.8. The zero-order valence-electron chi connectivity index (χ0n) is 11.1. The van der Waals surface area contributed by atoms with Crippen LogP contribution in [0.3, 0.4) is 0 Å². The third kappa shape index (κ3) is 2.32. The van der Waals surface area contributed by atoms with Gasteiger partial charge in [-0.25, -0.2) is 0 Å². The third-order valence-corrected chi connectivity index (χ3v) is 4.15. The van der Waals surface area contributed by atoms with Gasteiger partial charge in [-0.1, -0.05) is 6.92 Å². The third-order valence-electron chi connectivity index (χ3n) is 4.15. The van der Waals surface area contributed by atoms with Gasteiger partial charge in [0.1, 0.15) is 0 Å². The van der Waals surface area contributed by atoms with E-state index in [4.69, 9.17) is 0 Å². The Hall–Kier alpha value is -0.760. The number of aromatic nitrogens is 1. The maximum atomic E-state index is 2.48. The first-order valence-electron chi connectivity index (χ1n) is 6.31. The van der Waals surface area contributed by atoms with Gasteiger partial charge >= 0.3 is 0 Å². The van der Waals surface area contributed by atoms with Crippen molar-refractivity contribution in [1.82, 2.24) is 9.47 Å². The molecular formula is C14H24N2. The summed E-state index contributed by atoms with van der Waals surface area (Å²) in [7, 11) is 2.23. The normalized spacial score (nSPS) is 21.2. The molecule has 0 atom stereocenters. The molecular weight excluding hydrogens is 196 g/mol. The summed E-state index contributed by atoms with van der Waals surface area (Å²) < 4.78 is 2.48. The average Bonchev–Trinajstić information content (AvgIpc) is 2.55. The van der Waals surface area contributed by atoms with Crippen molar-refractivity contribution in [2.24, 2.45) is 5.41 Å². The summed E-state index contributed by atoms with van der Waals surface area (Å²) in [6, 6.07) is 4.46. The van der Waals surface area contributed by atoms with Crippen LogP contribution in [0.1, 0.15) is 31.2 Å². The van der Waals surface area contributed by atoms with Crippen molar-refractivity contribution < 1.29 is 0 Å². The standard InChI is InChI=1S/C14H24N2/c1-12-5-6-13(2)16(12)11-14(3)7-9-15(4)10-8-14/h5-6H,7-11H2,1-4H3. The van der Waals surface area contributed by atoms with Crippen LogP contribution >= 0.6 is 0 Å². The molecule has 2 rings (SSSR count). The van der Waals surface area contributed by atoms with Crippen molar-refractivity contribution in [2.45, 2.75) is 40.2 Å². The maximum absolute atomic E-state index is 2.48. The number of hydrogen-bond donors (Lipinski definition) is 0. The molecule has 0 aromatic carbocycles. The molecule has 0 aliphatic carbocycles. The Morgan fingerprint density at radius 2 is 1.62 bits per heavy atom. The first kappa shape index (κ1) is 11.7. The molecule has 1 fully saturated rings. The lowest BCUT2D eigenvalue weighted by atomic mass is 9.80. The van der Waals surface area contributed by atoms with Gasteiger partial charge in [-0.05, 0) is 64.4 Å². The molecule has 2 heterocycles. The van der Waals surface area contributed by atoms with Gasteiger partial charge in [0, 0.05) is 17.9 Å².